The maximum Gasteiger partial charge on any atom is 0.222 e. The van der Waals surface area contributed by atoms with Gasteiger partial charge in [0.2, 0.25) is 5.91 Å². The van der Waals surface area contributed by atoms with Crippen molar-refractivity contribution in [2.75, 3.05) is 5.32 Å². The lowest BCUT2D eigenvalue weighted by molar-refractivity contribution is -0.114. The lowest BCUT2D eigenvalue weighted by Gasteiger charge is -2.04. The highest BCUT2D eigenvalue weighted by atomic mass is 79.9. The molecule has 0 saturated heterocycles. The first-order chi connectivity index (χ1) is 7.49. The van der Waals surface area contributed by atoms with Crippen molar-refractivity contribution in [3.05, 3.63) is 22.3 Å². The van der Waals surface area contributed by atoms with Gasteiger partial charge in [-0.2, -0.15) is 0 Å². The summed E-state index contributed by atoms with van der Waals surface area (Å²) in [7, 11) is -0.606. The smallest absolute Gasteiger partial charge is 0.222 e. The van der Waals surface area contributed by atoms with Gasteiger partial charge in [0, 0.05) is 17.6 Å². The van der Waals surface area contributed by atoms with Crippen molar-refractivity contribution in [2.24, 2.45) is 0 Å². The molecule has 1 heterocycles. The fraction of sp³-hybridized carbons (Fsp3) is 0.273. The van der Waals surface area contributed by atoms with Crippen LogP contribution in [0.15, 0.2) is 16.7 Å². The molecule has 0 spiro atoms. The van der Waals surface area contributed by atoms with Crippen molar-refractivity contribution in [2.45, 2.75) is 20.0 Å². The van der Waals surface area contributed by atoms with Crippen molar-refractivity contribution in [1.29, 1.82) is 0 Å². The van der Waals surface area contributed by atoms with Gasteiger partial charge in [-0.05, 0) is 22.0 Å². The molecule has 0 aliphatic carbocycles. The number of amides is 1. The first kappa shape index (κ1) is 12.9. The molecule has 1 N–H and O–H groups in total. The molecule has 83 valence electrons. The van der Waals surface area contributed by atoms with Gasteiger partial charge in [-0.3, -0.25) is 4.79 Å². The van der Waals surface area contributed by atoms with Crippen molar-refractivity contribution in [3.8, 4) is 11.5 Å². The molecule has 0 unspecified atom stereocenters. The summed E-state index contributed by atoms with van der Waals surface area (Å²) in [6, 6.07) is 1.86. The third kappa shape index (κ3) is 4.17. The second kappa shape index (κ2) is 5.82. The standard InChI is InChI=1S/C11H12BrN2OSi/c1-8(15)14-11-9(4-5-16(2)3)6-10(12)7-13-11/h6-7H,1-3H3,(H,13,14,15). The van der Waals surface area contributed by atoms with E-state index in [0.29, 0.717) is 5.82 Å². The van der Waals surface area contributed by atoms with E-state index in [1.165, 1.54) is 6.92 Å². The molecule has 1 aromatic heterocycles. The fourth-order valence-corrected chi connectivity index (χ4v) is 1.71. The summed E-state index contributed by atoms with van der Waals surface area (Å²) in [5.41, 5.74) is 3.89. The molecule has 0 bridgehead atoms. The highest BCUT2D eigenvalue weighted by molar-refractivity contribution is 9.10. The van der Waals surface area contributed by atoms with Gasteiger partial charge >= 0.3 is 0 Å². The van der Waals surface area contributed by atoms with Crippen LogP contribution in [-0.4, -0.2) is 19.7 Å². The Morgan fingerprint density at radius 1 is 1.56 bits per heavy atom. The fourth-order valence-electron chi connectivity index (χ4n) is 0.993. The van der Waals surface area contributed by atoms with Crippen LogP contribution < -0.4 is 5.32 Å². The number of rotatable bonds is 1. The van der Waals surface area contributed by atoms with Crippen LogP contribution in [0.4, 0.5) is 5.82 Å². The van der Waals surface area contributed by atoms with E-state index in [1.54, 1.807) is 6.20 Å². The van der Waals surface area contributed by atoms with Gasteiger partial charge in [0.1, 0.15) is 14.6 Å². The number of aromatic nitrogens is 1. The summed E-state index contributed by atoms with van der Waals surface area (Å²) in [5.74, 6) is 3.42. The Morgan fingerprint density at radius 2 is 2.25 bits per heavy atom. The van der Waals surface area contributed by atoms with E-state index >= 15 is 0 Å². The highest BCUT2D eigenvalue weighted by Crippen LogP contribution is 2.16. The van der Waals surface area contributed by atoms with Crippen molar-refractivity contribution >= 4 is 36.5 Å². The van der Waals surface area contributed by atoms with Crippen molar-refractivity contribution in [1.82, 2.24) is 4.98 Å². The predicted molar refractivity (Wildman–Crippen MR) is 70.6 cm³/mol. The number of halogens is 1. The van der Waals surface area contributed by atoms with E-state index in [-0.39, 0.29) is 5.91 Å². The molecular formula is C11H12BrN2OSi. The molecule has 3 nitrogen and oxygen atoms in total. The van der Waals surface area contributed by atoms with Crippen LogP contribution in [0.2, 0.25) is 13.1 Å². The summed E-state index contributed by atoms with van der Waals surface area (Å²) >= 11 is 3.33. The monoisotopic (exact) mass is 295 g/mol. The Balaban J connectivity index is 3.09. The maximum atomic E-state index is 11.0. The summed E-state index contributed by atoms with van der Waals surface area (Å²) < 4.78 is 0.854. The lowest BCUT2D eigenvalue weighted by atomic mass is 10.2. The van der Waals surface area contributed by atoms with E-state index in [1.807, 2.05) is 6.07 Å². The summed E-state index contributed by atoms with van der Waals surface area (Å²) in [6.45, 7) is 5.68. The zero-order valence-electron chi connectivity index (χ0n) is 9.39. The maximum absolute atomic E-state index is 11.0. The van der Waals surface area contributed by atoms with Crippen LogP contribution in [0.5, 0.6) is 0 Å². The minimum Gasteiger partial charge on any atom is -0.310 e. The molecule has 5 heteroatoms. The second-order valence-electron chi connectivity index (χ2n) is 3.48. The number of hydrogen-bond acceptors (Lipinski definition) is 2. The molecule has 1 rings (SSSR count). The van der Waals surface area contributed by atoms with E-state index < -0.39 is 8.80 Å². The number of nitrogens with one attached hydrogen (secondary N) is 1. The Bertz CT molecular complexity index is 463. The molecule has 0 aliphatic rings. The van der Waals surface area contributed by atoms with E-state index in [0.717, 1.165) is 10.0 Å². The van der Waals surface area contributed by atoms with Crippen LogP contribution in [0.3, 0.4) is 0 Å². The van der Waals surface area contributed by atoms with Gasteiger partial charge in [0.15, 0.2) is 0 Å². The Hall–Kier alpha value is -1.12. The first-order valence-corrected chi connectivity index (χ1v) is 8.03. The Labute approximate surface area is 105 Å². The third-order valence-corrected chi connectivity index (χ3v) is 2.65. The van der Waals surface area contributed by atoms with Crippen molar-refractivity contribution in [3.63, 3.8) is 0 Å². The zero-order chi connectivity index (χ0) is 12.1. The van der Waals surface area contributed by atoms with E-state index in [4.69, 9.17) is 0 Å². The van der Waals surface area contributed by atoms with Crippen LogP contribution >= 0.6 is 15.9 Å². The molecule has 0 aliphatic heterocycles. The minimum absolute atomic E-state index is 0.142. The van der Waals surface area contributed by atoms with E-state index in [2.05, 4.69) is 50.8 Å². The van der Waals surface area contributed by atoms with Gasteiger partial charge < -0.3 is 5.32 Å². The summed E-state index contributed by atoms with van der Waals surface area (Å²) in [6.07, 6.45) is 1.64. The van der Waals surface area contributed by atoms with E-state index in [9.17, 15) is 4.79 Å². The number of carbonyl (C=O) groups is 1. The number of carbonyl (C=O) groups excluding carboxylic acids is 1. The molecular weight excluding hydrogens is 284 g/mol. The SMILES string of the molecule is CC(=O)Nc1ncc(Br)cc1C#C[Si](C)C. The van der Waals surface area contributed by atoms with Crippen LogP contribution in [0, 0.1) is 11.5 Å². The predicted octanol–water partition coefficient (Wildman–Crippen LogP) is 2.45. The molecule has 1 radical (unpaired) electrons. The molecule has 0 saturated carbocycles. The van der Waals surface area contributed by atoms with Gasteiger partial charge in [0.05, 0.1) is 5.56 Å². The normalized spacial score (nSPS) is 9.56. The quantitative estimate of drug-likeness (QED) is 0.639. The Kier molecular flexibility index (Phi) is 4.71. The van der Waals surface area contributed by atoms with Crippen LogP contribution in [0.1, 0.15) is 12.5 Å². The summed E-state index contributed by atoms with van der Waals surface area (Å²) in [4.78, 5) is 15.1. The van der Waals surface area contributed by atoms with Gasteiger partial charge in [0.25, 0.3) is 0 Å². The largest absolute Gasteiger partial charge is 0.310 e. The van der Waals surface area contributed by atoms with Crippen molar-refractivity contribution < 1.29 is 4.79 Å². The zero-order valence-corrected chi connectivity index (χ0v) is 12.0. The molecule has 16 heavy (non-hydrogen) atoms. The number of hydrogen-bond donors (Lipinski definition) is 1. The second-order valence-corrected chi connectivity index (χ2v) is 6.65. The lowest BCUT2D eigenvalue weighted by Crippen LogP contribution is -2.09. The molecule has 1 amide bonds. The first-order valence-electron chi connectivity index (χ1n) is 4.74. The van der Waals surface area contributed by atoms with Gasteiger partial charge in [-0.1, -0.05) is 19.0 Å². The highest BCUT2D eigenvalue weighted by Gasteiger charge is 2.04. The summed E-state index contributed by atoms with van der Waals surface area (Å²) in [5, 5.41) is 2.66. The number of anilines is 1. The third-order valence-electron chi connectivity index (χ3n) is 1.60. The average molecular weight is 296 g/mol. The van der Waals surface area contributed by atoms with Crippen LogP contribution in [-0.2, 0) is 4.79 Å². The average Bonchev–Trinajstić information content (AvgIpc) is 2.17. The van der Waals surface area contributed by atoms with Crippen LogP contribution in [0.25, 0.3) is 0 Å². The van der Waals surface area contributed by atoms with Gasteiger partial charge in [-0.15, -0.1) is 5.54 Å². The number of pyridine rings is 1. The number of nitrogens with zero attached hydrogens (tertiary/aromatic N) is 1. The Morgan fingerprint density at radius 3 is 2.81 bits per heavy atom. The minimum atomic E-state index is -0.606. The molecule has 0 aromatic carbocycles. The molecule has 0 atom stereocenters. The van der Waals surface area contributed by atoms with Gasteiger partial charge in [-0.25, -0.2) is 4.98 Å². The topological polar surface area (TPSA) is 42.0 Å². The molecule has 0 fully saturated rings. The molecule has 1 aromatic rings.